The fourth-order valence-electron chi connectivity index (χ4n) is 1.36. The van der Waals surface area contributed by atoms with Gasteiger partial charge in [-0.1, -0.05) is 0 Å². The van der Waals surface area contributed by atoms with Gasteiger partial charge in [0.15, 0.2) is 0 Å². The number of aromatic nitrogens is 4. The van der Waals surface area contributed by atoms with Gasteiger partial charge in [0.1, 0.15) is 5.54 Å². The quantitative estimate of drug-likeness (QED) is 0.580. The lowest BCUT2D eigenvalue weighted by molar-refractivity contribution is 0.0852. The molecule has 0 radical (unpaired) electrons. The molecule has 0 amide bonds. The highest BCUT2D eigenvalue weighted by Crippen LogP contribution is 2.18. The van der Waals surface area contributed by atoms with Crippen LogP contribution in [0.2, 0.25) is 0 Å². The summed E-state index contributed by atoms with van der Waals surface area (Å²) in [4.78, 5) is 13.0. The first kappa shape index (κ1) is 9.22. The van der Waals surface area contributed by atoms with Gasteiger partial charge in [0.25, 0.3) is 0 Å². The van der Waals surface area contributed by atoms with Crippen LogP contribution in [0.5, 0.6) is 0 Å². The Morgan fingerprint density at radius 1 is 1.71 bits per heavy atom. The van der Waals surface area contributed by atoms with Crippen LogP contribution in [0.25, 0.3) is 0 Å². The van der Waals surface area contributed by atoms with Gasteiger partial charge in [0.05, 0.1) is 13.7 Å². The zero-order valence-corrected chi connectivity index (χ0v) is 7.80. The summed E-state index contributed by atoms with van der Waals surface area (Å²) in [5.74, 6) is -0.247. The van der Waals surface area contributed by atoms with Crippen molar-refractivity contribution in [2.45, 2.75) is 12.0 Å². The topological polar surface area (TPSA) is 95.9 Å². The maximum absolute atomic E-state index is 11.8. The minimum atomic E-state index is -0.969. The van der Waals surface area contributed by atoms with E-state index in [9.17, 15) is 4.79 Å². The Labute approximate surface area is 80.2 Å². The van der Waals surface area contributed by atoms with E-state index in [1.165, 1.54) is 4.80 Å². The van der Waals surface area contributed by atoms with Crippen LogP contribution in [0.3, 0.4) is 0 Å². The normalized spacial score (nSPS) is 26.7. The molecule has 0 saturated carbocycles. The highest BCUT2D eigenvalue weighted by Gasteiger charge is 2.40. The number of Topliss-reactive ketones (excluding diaryl/α,β-unsaturated/α-hetero) is 1. The van der Waals surface area contributed by atoms with E-state index in [0.29, 0.717) is 13.0 Å². The molecule has 1 saturated heterocycles. The lowest BCUT2D eigenvalue weighted by Gasteiger charge is -2.16. The number of hydrogen-bond acceptors (Lipinski definition) is 6. The first-order chi connectivity index (χ1) is 6.62. The molecule has 76 valence electrons. The van der Waals surface area contributed by atoms with Gasteiger partial charge in [-0.2, -0.15) is 4.80 Å². The second-order valence-corrected chi connectivity index (χ2v) is 3.39. The summed E-state index contributed by atoms with van der Waals surface area (Å²) < 4.78 is 5.08. The maximum Gasteiger partial charge on any atom is 0.242 e. The van der Waals surface area contributed by atoms with E-state index < -0.39 is 5.54 Å². The second-order valence-electron chi connectivity index (χ2n) is 3.39. The number of ether oxygens (including phenoxy) is 1. The number of aryl methyl sites for hydroxylation is 1. The predicted octanol–water partition coefficient (Wildman–Crippen LogP) is -1.49. The van der Waals surface area contributed by atoms with Crippen LogP contribution in [0, 0.1) is 0 Å². The lowest BCUT2D eigenvalue weighted by Crippen LogP contribution is -2.49. The Hall–Kier alpha value is -1.34. The van der Waals surface area contributed by atoms with Crippen LogP contribution in [0.15, 0.2) is 0 Å². The third-order valence-electron chi connectivity index (χ3n) is 2.22. The molecule has 0 bridgehead atoms. The van der Waals surface area contributed by atoms with Crippen LogP contribution in [-0.2, 0) is 11.8 Å². The number of hydrogen-bond donors (Lipinski definition) is 1. The van der Waals surface area contributed by atoms with E-state index in [-0.39, 0.29) is 18.2 Å². The van der Waals surface area contributed by atoms with Gasteiger partial charge < -0.3 is 10.5 Å². The molecule has 0 aromatic carbocycles. The van der Waals surface area contributed by atoms with Crippen molar-refractivity contribution in [2.24, 2.45) is 12.8 Å². The van der Waals surface area contributed by atoms with E-state index >= 15 is 0 Å². The SMILES string of the molecule is Cn1nnc(C(=O)C2(N)CCOC2)n1. The fourth-order valence-corrected chi connectivity index (χ4v) is 1.36. The molecule has 1 aliphatic heterocycles. The standard InChI is InChI=1S/C7H11N5O2/c1-12-10-6(9-11-12)5(13)7(8)2-3-14-4-7/h2-4,8H2,1H3. The molecule has 0 aliphatic carbocycles. The average Bonchev–Trinajstić information content (AvgIpc) is 2.74. The van der Waals surface area contributed by atoms with Gasteiger partial charge in [-0.3, -0.25) is 4.79 Å². The summed E-state index contributed by atoms with van der Waals surface area (Å²) in [6, 6.07) is 0. The summed E-state index contributed by atoms with van der Waals surface area (Å²) in [5.41, 5.74) is 4.88. The Bertz CT molecular complexity index is 355. The molecule has 1 aromatic rings. The summed E-state index contributed by atoms with van der Waals surface area (Å²) in [7, 11) is 1.60. The summed E-state index contributed by atoms with van der Waals surface area (Å²) in [6.45, 7) is 0.729. The van der Waals surface area contributed by atoms with Gasteiger partial charge in [0.2, 0.25) is 11.6 Å². The third-order valence-corrected chi connectivity index (χ3v) is 2.22. The van der Waals surface area contributed by atoms with Crippen LogP contribution in [-0.4, -0.2) is 44.7 Å². The van der Waals surface area contributed by atoms with Crippen molar-refractivity contribution < 1.29 is 9.53 Å². The maximum atomic E-state index is 11.8. The molecule has 14 heavy (non-hydrogen) atoms. The van der Waals surface area contributed by atoms with Gasteiger partial charge >= 0.3 is 0 Å². The molecule has 2 rings (SSSR count). The number of rotatable bonds is 2. The second kappa shape index (κ2) is 3.10. The third kappa shape index (κ3) is 1.40. The van der Waals surface area contributed by atoms with E-state index in [2.05, 4.69) is 15.4 Å². The first-order valence-electron chi connectivity index (χ1n) is 4.27. The zero-order chi connectivity index (χ0) is 10.2. The van der Waals surface area contributed by atoms with Gasteiger partial charge in [-0.25, -0.2) is 0 Å². The summed E-state index contributed by atoms with van der Waals surface area (Å²) >= 11 is 0. The molecular weight excluding hydrogens is 186 g/mol. The molecule has 7 heteroatoms. The molecular formula is C7H11N5O2. The zero-order valence-electron chi connectivity index (χ0n) is 7.80. The minimum absolute atomic E-state index is 0.0560. The monoisotopic (exact) mass is 197 g/mol. The first-order valence-corrected chi connectivity index (χ1v) is 4.27. The minimum Gasteiger partial charge on any atom is -0.379 e. The van der Waals surface area contributed by atoms with Crippen molar-refractivity contribution in [3.05, 3.63) is 5.82 Å². The molecule has 1 aromatic heterocycles. The van der Waals surface area contributed by atoms with Crippen LogP contribution in [0.1, 0.15) is 17.0 Å². The van der Waals surface area contributed by atoms with Crippen LogP contribution < -0.4 is 5.73 Å². The molecule has 1 aliphatic rings. The molecule has 2 heterocycles. The molecule has 1 unspecified atom stereocenters. The molecule has 1 fully saturated rings. The predicted molar refractivity (Wildman–Crippen MR) is 45.5 cm³/mol. The smallest absolute Gasteiger partial charge is 0.242 e. The molecule has 7 nitrogen and oxygen atoms in total. The van der Waals surface area contributed by atoms with Crippen molar-refractivity contribution in [2.75, 3.05) is 13.2 Å². The highest BCUT2D eigenvalue weighted by atomic mass is 16.5. The summed E-state index contributed by atoms with van der Waals surface area (Å²) in [5, 5.41) is 11.0. The van der Waals surface area contributed by atoms with Crippen molar-refractivity contribution >= 4 is 5.78 Å². The number of nitrogens with two attached hydrogens (primary N) is 1. The number of tetrazole rings is 1. The van der Waals surface area contributed by atoms with E-state index in [4.69, 9.17) is 10.5 Å². The number of nitrogens with zero attached hydrogens (tertiary/aromatic N) is 4. The number of carbonyl (C=O) groups is 1. The Morgan fingerprint density at radius 3 is 3.00 bits per heavy atom. The van der Waals surface area contributed by atoms with Crippen molar-refractivity contribution in [3.63, 3.8) is 0 Å². The van der Waals surface area contributed by atoms with Gasteiger partial charge in [0, 0.05) is 6.61 Å². The van der Waals surface area contributed by atoms with E-state index in [0.717, 1.165) is 0 Å². The Kier molecular flexibility index (Phi) is 2.05. The Balaban J connectivity index is 2.23. The van der Waals surface area contributed by atoms with Crippen LogP contribution >= 0.6 is 0 Å². The lowest BCUT2D eigenvalue weighted by atomic mass is 9.94. The fraction of sp³-hybridized carbons (Fsp3) is 0.714. The van der Waals surface area contributed by atoms with Crippen LogP contribution in [0.4, 0.5) is 0 Å². The van der Waals surface area contributed by atoms with Gasteiger partial charge in [-0.05, 0) is 11.6 Å². The number of carbonyl (C=O) groups excluding carboxylic acids is 1. The van der Waals surface area contributed by atoms with Crippen molar-refractivity contribution in [1.82, 2.24) is 20.2 Å². The van der Waals surface area contributed by atoms with E-state index in [1.807, 2.05) is 0 Å². The van der Waals surface area contributed by atoms with Crippen molar-refractivity contribution in [3.8, 4) is 0 Å². The molecule has 1 atom stereocenters. The van der Waals surface area contributed by atoms with Crippen molar-refractivity contribution in [1.29, 1.82) is 0 Å². The average molecular weight is 197 g/mol. The summed E-state index contributed by atoms with van der Waals surface area (Å²) in [6.07, 6.45) is 0.504. The molecule has 0 spiro atoms. The number of ketones is 1. The van der Waals surface area contributed by atoms with Gasteiger partial charge in [-0.15, -0.1) is 10.2 Å². The highest BCUT2D eigenvalue weighted by molar-refractivity contribution is 6.00. The molecule has 2 N–H and O–H groups in total. The largest absolute Gasteiger partial charge is 0.379 e. The van der Waals surface area contributed by atoms with E-state index in [1.54, 1.807) is 7.05 Å². The Morgan fingerprint density at radius 2 is 2.50 bits per heavy atom.